The first-order valence-electron chi connectivity index (χ1n) is 5.32. The highest BCUT2D eigenvalue weighted by molar-refractivity contribution is 5.13. The monoisotopic (exact) mass is 195 g/mol. The Morgan fingerprint density at radius 2 is 1.86 bits per heavy atom. The highest BCUT2D eigenvalue weighted by Crippen LogP contribution is 2.21. The lowest BCUT2D eigenvalue weighted by molar-refractivity contribution is 0.0205. The van der Waals surface area contributed by atoms with E-state index in [0.717, 1.165) is 25.9 Å². The Morgan fingerprint density at radius 1 is 1.29 bits per heavy atom. The summed E-state index contributed by atoms with van der Waals surface area (Å²) in [6.45, 7) is 8.48. The molecule has 1 saturated heterocycles. The fraction of sp³-hybridized carbons (Fsp3) is 0.833. The molecule has 0 bridgehead atoms. The van der Waals surface area contributed by atoms with E-state index in [4.69, 9.17) is 4.74 Å². The first-order chi connectivity index (χ1) is 6.60. The van der Waals surface area contributed by atoms with Crippen LogP contribution in [0.4, 0.5) is 0 Å². The van der Waals surface area contributed by atoms with Crippen molar-refractivity contribution in [3.05, 3.63) is 0 Å². The second-order valence-electron chi connectivity index (χ2n) is 4.36. The maximum atomic E-state index is 5.35. The van der Waals surface area contributed by atoms with Crippen molar-refractivity contribution in [2.24, 2.45) is 0 Å². The highest BCUT2D eigenvalue weighted by atomic mass is 16.5. The van der Waals surface area contributed by atoms with Gasteiger partial charge in [0.15, 0.2) is 0 Å². The number of likely N-dealkylation sites (tertiary alicyclic amines) is 1. The minimum Gasteiger partial charge on any atom is -0.381 e. The number of rotatable bonds is 2. The SMILES string of the molecule is CC#CC(C)(C)N1CCC(OC)CC1. The molecule has 0 spiro atoms. The van der Waals surface area contributed by atoms with Crippen LogP contribution < -0.4 is 0 Å². The quantitative estimate of drug-likeness (QED) is 0.624. The van der Waals surface area contributed by atoms with Gasteiger partial charge in [-0.05, 0) is 33.6 Å². The van der Waals surface area contributed by atoms with E-state index in [1.54, 1.807) is 7.11 Å². The fourth-order valence-electron chi connectivity index (χ4n) is 2.04. The summed E-state index contributed by atoms with van der Waals surface area (Å²) in [5, 5.41) is 0. The summed E-state index contributed by atoms with van der Waals surface area (Å²) in [4.78, 5) is 2.44. The molecule has 0 aliphatic carbocycles. The van der Waals surface area contributed by atoms with E-state index in [9.17, 15) is 0 Å². The van der Waals surface area contributed by atoms with Crippen LogP contribution in [0.1, 0.15) is 33.6 Å². The smallest absolute Gasteiger partial charge is 0.0768 e. The molecule has 2 heteroatoms. The predicted molar refractivity (Wildman–Crippen MR) is 59.1 cm³/mol. The van der Waals surface area contributed by atoms with Crippen molar-refractivity contribution in [3.8, 4) is 11.8 Å². The lowest BCUT2D eigenvalue weighted by Gasteiger charge is -2.39. The van der Waals surface area contributed by atoms with Crippen LogP contribution >= 0.6 is 0 Å². The number of nitrogens with zero attached hydrogens (tertiary/aromatic N) is 1. The molecule has 1 fully saturated rings. The fourth-order valence-corrected chi connectivity index (χ4v) is 2.04. The van der Waals surface area contributed by atoms with E-state index in [-0.39, 0.29) is 5.54 Å². The minimum absolute atomic E-state index is 0.0213. The van der Waals surface area contributed by atoms with Crippen molar-refractivity contribution >= 4 is 0 Å². The number of ether oxygens (including phenoxy) is 1. The molecule has 1 aliphatic heterocycles. The Hall–Kier alpha value is -0.520. The Balaban J connectivity index is 2.51. The van der Waals surface area contributed by atoms with Gasteiger partial charge in [0.05, 0.1) is 11.6 Å². The van der Waals surface area contributed by atoms with E-state index in [2.05, 4.69) is 30.6 Å². The molecule has 14 heavy (non-hydrogen) atoms. The zero-order valence-electron chi connectivity index (χ0n) is 9.76. The normalized spacial score (nSPS) is 20.3. The molecular weight excluding hydrogens is 174 g/mol. The molecule has 0 amide bonds. The largest absolute Gasteiger partial charge is 0.381 e. The number of hydrogen-bond donors (Lipinski definition) is 0. The van der Waals surface area contributed by atoms with Gasteiger partial charge in [0.1, 0.15) is 0 Å². The minimum atomic E-state index is 0.0213. The summed E-state index contributed by atoms with van der Waals surface area (Å²) in [5.74, 6) is 6.27. The van der Waals surface area contributed by atoms with Crippen LogP contribution in [0.2, 0.25) is 0 Å². The lowest BCUT2D eigenvalue weighted by Crippen LogP contribution is -2.48. The Kier molecular flexibility index (Phi) is 3.97. The van der Waals surface area contributed by atoms with E-state index in [1.165, 1.54) is 0 Å². The first-order valence-corrected chi connectivity index (χ1v) is 5.32. The van der Waals surface area contributed by atoms with Crippen molar-refractivity contribution in [2.75, 3.05) is 20.2 Å². The molecule has 1 heterocycles. The standard InChI is InChI=1S/C12H21NO/c1-5-8-12(2,3)13-9-6-11(14-4)7-10-13/h11H,6-7,9-10H2,1-4H3. The molecule has 0 aromatic heterocycles. The Labute approximate surface area is 87.6 Å². The topological polar surface area (TPSA) is 12.5 Å². The molecule has 0 saturated carbocycles. The molecule has 0 N–H and O–H groups in total. The number of piperidine rings is 1. The van der Waals surface area contributed by atoms with Gasteiger partial charge in [-0.15, -0.1) is 5.92 Å². The van der Waals surface area contributed by atoms with E-state index in [0.29, 0.717) is 6.10 Å². The first kappa shape index (κ1) is 11.6. The zero-order valence-corrected chi connectivity index (χ0v) is 9.76. The van der Waals surface area contributed by atoms with Crippen molar-refractivity contribution < 1.29 is 4.74 Å². The van der Waals surface area contributed by atoms with E-state index < -0.39 is 0 Å². The summed E-state index contributed by atoms with van der Waals surface area (Å²) in [5.41, 5.74) is 0.0213. The molecule has 1 aliphatic rings. The molecule has 0 aromatic carbocycles. The zero-order chi connectivity index (χ0) is 10.6. The van der Waals surface area contributed by atoms with Crippen molar-refractivity contribution in [1.29, 1.82) is 0 Å². The summed E-state index contributed by atoms with van der Waals surface area (Å²) < 4.78 is 5.35. The lowest BCUT2D eigenvalue weighted by atomic mass is 9.98. The molecule has 2 nitrogen and oxygen atoms in total. The van der Waals surface area contributed by atoms with Crippen molar-refractivity contribution in [1.82, 2.24) is 4.90 Å². The van der Waals surface area contributed by atoms with Gasteiger partial charge in [0, 0.05) is 20.2 Å². The predicted octanol–water partition coefficient (Wildman–Crippen LogP) is 1.90. The molecule has 80 valence electrons. The third kappa shape index (κ3) is 2.73. The van der Waals surface area contributed by atoms with Crippen LogP contribution in [0.15, 0.2) is 0 Å². The maximum absolute atomic E-state index is 5.35. The average Bonchev–Trinajstić information content (AvgIpc) is 2.18. The van der Waals surface area contributed by atoms with Crippen molar-refractivity contribution in [2.45, 2.75) is 45.3 Å². The van der Waals surface area contributed by atoms with E-state index >= 15 is 0 Å². The number of methoxy groups -OCH3 is 1. The van der Waals surface area contributed by atoms with Crippen LogP contribution in [0.3, 0.4) is 0 Å². The second-order valence-corrected chi connectivity index (χ2v) is 4.36. The summed E-state index contributed by atoms with van der Waals surface area (Å²) in [6.07, 6.45) is 2.72. The van der Waals surface area contributed by atoms with Gasteiger partial charge in [0.2, 0.25) is 0 Å². The average molecular weight is 195 g/mol. The molecule has 0 radical (unpaired) electrons. The molecule has 0 atom stereocenters. The van der Waals surface area contributed by atoms with Crippen LogP contribution in [-0.2, 0) is 4.74 Å². The van der Waals surface area contributed by atoms with Crippen LogP contribution in [0, 0.1) is 11.8 Å². The van der Waals surface area contributed by atoms with E-state index in [1.807, 2.05) is 6.92 Å². The highest BCUT2D eigenvalue weighted by Gasteiger charge is 2.28. The summed E-state index contributed by atoms with van der Waals surface area (Å²) >= 11 is 0. The van der Waals surface area contributed by atoms with Gasteiger partial charge < -0.3 is 4.74 Å². The summed E-state index contributed by atoms with van der Waals surface area (Å²) in [7, 11) is 1.80. The van der Waals surface area contributed by atoms with Crippen LogP contribution in [-0.4, -0.2) is 36.7 Å². The third-order valence-corrected chi connectivity index (χ3v) is 3.00. The third-order valence-electron chi connectivity index (χ3n) is 3.00. The van der Waals surface area contributed by atoms with Gasteiger partial charge in [-0.1, -0.05) is 5.92 Å². The Morgan fingerprint density at radius 3 is 2.29 bits per heavy atom. The van der Waals surface area contributed by atoms with Gasteiger partial charge in [-0.2, -0.15) is 0 Å². The molecule has 0 unspecified atom stereocenters. The van der Waals surface area contributed by atoms with Crippen LogP contribution in [0.25, 0.3) is 0 Å². The maximum Gasteiger partial charge on any atom is 0.0768 e. The van der Waals surface area contributed by atoms with Crippen molar-refractivity contribution in [3.63, 3.8) is 0 Å². The molecule has 0 aromatic rings. The Bertz CT molecular complexity index is 228. The van der Waals surface area contributed by atoms with Crippen LogP contribution in [0.5, 0.6) is 0 Å². The van der Waals surface area contributed by atoms with Gasteiger partial charge >= 0.3 is 0 Å². The summed E-state index contributed by atoms with van der Waals surface area (Å²) in [6, 6.07) is 0. The van der Waals surface area contributed by atoms with Gasteiger partial charge in [-0.25, -0.2) is 0 Å². The van der Waals surface area contributed by atoms with Gasteiger partial charge in [0.25, 0.3) is 0 Å². The number of hydrogen-bond acceptors (Lipinski definition) is 2. The second kappa shape index (κ2) is 4.82. The molecular formula is C12H21NO. The molecule has 1 rings (SSSR count). The van der Waals surface area contributed by atoms with Gasteiger partial charge in [-0.3, -0.25) is 4.90 Å².